The first kappa shape index (κ1) is 19.9. The predicted octanol–water partition coefficient (Wildman–Crippen LogP) is 4.27. The zero-order valence-corrected chi connectivity index (χ0v) is 17.6. The van der Waals surface area contributed by atoms with Gasteiger partial charge in [-0.05, 0) is 55.7 Å². The summed E-state index contributed by atoms with van der Waals surface area (Å²) in [6.45, 7) is 3.35. The van der Waals surface area contributed by atoms with E-state index in [1.54, 1.807) is 32.4 Å². The van der Waals surface area contributed by atoms with Gasteiger partial charge in [0.1, 0.15) is 11.9 Å². The predicted molar refractivity (Wildman–Crippen MR) is 112 cm³/mol. The fraction of sp³-hybridized carbons (Fsp3) is 0.409. The zero-order valence-electron chi connectivity index (χ0n) is 16.9. The molecular formula is C22H25ClN2O4. The number of ether oxygens (including phenoxy) is 3. The second-order valence-electron chi connectivity index (χ2n) is 7.14. The van der Waals surface area contributed by atoms with Gasteiger partial charge in [0, 0.05) is 11.6 Å². The number of halogens is 1. The van der Waals surface area contributed by atoms with Crippen molar-refractivity contribution < 1.29 is 19.0 Å². The van der Waals surface area contributed by atoms with E-state index >= 15 is 0 Å². The Labute approximate surface area is 175 Å². The number of fused-ring (bicyclic) bond motifs is 1. The van der Waals surface area contributed by atoms with Crippen LogP contribution in [0.15, 0.2) is 36.4 Å². The smallest absolute Gasteiger partial charge is 0.246 e. The average molecular weight is 417 g/mol. The second kappa shape index (κ2) is 8.13. The minimum atomic E-state index is -0.257. The molecule has 154 valence electrons. The van der Waals surface area contributed by atoms with Crippen LogP contribution in [0, 0.1) is 0 Å². The van der Waals surface area contributed by atoms with Gasteiger partial charge in [-0.15, -0.1) is 0 Å². The van der Waals surface area contributed by atoms with Gasteiger partial charge in [-0.3, -0.25) is 14.6 Å². The third kappa shape index (κ3) is 3.40. The molecule has 2 heterocycles. The number of carbonyl (C=O) groups excluding carboxylic acids is 1. The van der Waals surface area contributed by atoms with Crippen molar-refractivity contribution in [2.75, 3.05) is 32.3 Å². The second-order valence-corrected chi connectivity index (χ2v) is 7.57. The van der Waals surface area contributed by atoms with Crippen molar-refractivity contribution in [1.82, 2.24) is 4.90 Å². The Morgan fingerprint density at radius 2 is 1.83 bits per heavy atom. The summed E-state index contributed by atoms with van der Waals surface area (Å²) in [5.74, 6) is 2.03. The molecule has 0 unspecified atom stereocenters. The molecule has 2 saturated heterocycles. The SMILES string of the molecule is CCOc1ccc([C@H]2N(c3cc(Cl)ccc3OC)C(=O)[C@@H]3CCCN32)cc1OC. The highest BCUT2D eigenvalue weighted by Crippen LogP contribution is 2.47. The maximum atomic E-state index is 13.4. The molecule has 2 aromatic rings. The lowest BCUT2D eigenvalue weighted by Gasteiger charge is -2.31. The molecule has 0 aromatic heterocycles. The van der Waals surface area contributed by atoms with Crippen molar-refractivity contribution >= 4 is 23.2 Å². The van der Waals surface area contributed by atoms with Gasteiger partial charge < -0.3 is 14.2 Å². The highest BCUT2D eigenvalue weighted by molar-refractivity contribution is 6.31. The van der Waals surface area contributed by atoms with Gasteiger partial charge in [-0.1, -0.05) is 17.7 Å². The summed E-state index contributed by atoms with van der Waals surface area (Å²) >= 11 is 6.27. The highest BCUT2D eigenvalue weighted by Gasteiger charge is 2.50. The number of hydrogen-bond acceptors (Lipinski definition) is 5. The van der Waals surface area contributed by atoms with E-state index in [1.165, 1.54) is 0 Å². The molecule has 2 fully saturated rings. The molecule has 4 rings (SSSR count). The normalized spacial score (nSPS) is 21.4. The molecule has 2 atom stereocenters. The van der Waals surface area contributed by atoms with E-state index in [2.05, 4.69) is 4.90 Å². The van der Waals surface area contributed by atoms with Gasteiger partial charge in [0.05, 0.1) is 32.6 Å². The van der Waals surface area contributed by atoms with Crippen LogP contribution >= 0.6 is 11.6 Å². The van der Waals surface area contributed by atoms with Crippen molar-refractivity contribution in [3.8, 4) is 17.2 Å². The molecule has 6 nitrogen and oxygen atoms in total. The first-order valence-corrected chi connectivity index (χ1v) is 10.2. The molecule has 7 heteroatoms. The molecule has 2 aliphatic rings. The summed E-state index contributed by atoms with van der Waals surface area (Å²) in [7, 11) is 3.22. The van der Waals surface area contributed by atoms with Crippen molar-refractivity contribution in [2.24, 2.45) is 0 Å². The topological polar surface area (TPSA) is 51.2 Å². The molecule has 0 spiro atoms. The Balaban J connectivity index is 1.83. The summed E-state index contributed by atoms with van der Waals surface area (Å²) in [5, 5.41) is 0.559. The maximum absolute atomic E-state index is 13.4. The van der Waals surface area contributed by atoms with Crippen molar-refractivity contribution in [2.45, 2.75) is 32.0 Å². The molecule has 2 aliphatic heterocycles. The standard InChI is InChI=1S/C22H25ClN2O4/c1-4-29-19-9-7-14(12-20(19)28-3)21-24-11-5-6-16(24)22(26)25(21)17-13-15(23)8-10-18(17)27-2/h7-10,12-13,16,21H,4-6,11H2,1-3H3/t16-,21+/m0/s1. The Kier molecular flexibility index (Phi) is 5.56. The van der Waals surface area contributed by atoms with Crippen molar-refractivity contribution in [3.63, 3.8) is 0 Å². The number of nitrogens with zero attached hydrogens (tertiary/aromatic N) is 2. The lowest BCUT2D eigenvalue weighted by Crippen LogP contribution is -2.32. The number of anilines is 1. The van der Waals surface area contributed by atoms with E-state index in [0.717, 1.165) is 24.9 Å². The fourth-order valence-electron chi connectivity index (χ4n) is 4.34. The molecule has 1 amide bonds. The van der Waals surface area contributed by atoms with Gasteiger partial charge in [0.2, 0.25) is 5.91 Å². The summed E-state index contributed by atoms with van der Waals surface area (Å²) in [6, 6.07) is 11.1. The molecule has 0 saturated carbocycles. The Hall–Kier alpha value is -2.44. The molecule has 0 N–H and O–H groups in total. The quantitative estimate of drug-likeness (QED) is 0.704. The number of carbonyl (C=O) groups is 1. The number of rotatable bonds is 6. The van der Waals surface area contributed by atoms with Gasteiger partial charge >= 0.3 is 0 Å². The van der Waals surface area contributed by atoms with Crippen LogP contribution in [0.25, 0.3) is 0 Å². The van der Waals surface area contributed by atoms with Crippen LogP contribution < -0.4 is 19.1 Å². The molecule has 0 aliphatic carbocycles. The van der Waals surface area contributed by atoms with E-state index in [9.17, 15) is 4.79 Å². The van der Waals surface area contributed by atoms with Crippen LogP contribution in [0.1, 0.15) is 31.5 Å². The summed E-state index contributed by atoms with van der Waals surface area (Å²) in [4.78, 5) is 17.5. The molecule has 29 heavy (non-hydrogen) atoms. The minimum Gasteiger partial charge on any atom is -0.495 e. The Morgan fingerprint density at radius 3 is 2.55 bits per heavy atom. The highest BCUT2D eigenvalue weighted by atomic mass is 35.5. The Morgan fingerprint density at radius 1 is 1.07 bits per heavy atom. The van der Waals surface area contributed by atoms with Gasteiger partial charge in [0.25, 0.3) is 0 Å². The van der Waals surface area contributed by atoms with Crippen LogP contribution in [-0.4, -0.2) is 44.2 Å². The summed E-state index contributed by atoms with van der Waals surface area (Å²) < 4.78 is 16.8. The van der Waals surface area contributed by atoms with Crippen LogP contribution in [-0.2, 0) is 4.79 Å². The van der Waals surface area contributed by atoms with Crippen molar-refractivity contribution in [3.05, 3.63) is 47.0 Å². The maximum Gasteiger partial charge on any atom is 0.246 e. The van der Waals surface area contributed by atoms with Gasteiger partial charge in [-0.25, -0.2) is 0 Å². The molecule has 0 radical (unpaired) electrons. The van der Waals surface area contributed by atoms with Gasteiger partial charge in [0.15, 0.2) is 11.5 Å². The van der Waals surface area contributed by atoms with E-state index in [1.807, 2.05) is 30.0 Å². The lowest BCUT2D eigenvalue weighted by atomic mass is 10.1. The summed E-state index contributed by atoms with van der Waals surface area (Å²) in [6.07, 6.45) is 1.59. The first-order chi connectivity index (χ1) is 14.1. The van der Waals surface area contributed by atoms with E-state index < -0.39 is 0 Å². The molecule has 2 aromatic carbocycles. The first-order valence-electron chi connectivity index (χ1n) is 9.82. The number of hydrogen-bond donors (Lipinski definition) is 0. The number of methoxy groups -OCH3 is 2. The fourth-order valence-corrected chi connectivity index (χ4v) is 4.50. The molecular weight excluding hydrogens is 392 g/mol. The third-order valence-electron chi connectivity index (χ3n) is 5.56. The van der Waals surface area contributed by atoms with E-state index in [-0.39, 0.29) is 18.1 Å². The number of benzene rings is 2. The number of amides is 1. The van der Waals surface area contributed by atoms with Crippen LogP contribution in [0.4, 0.5) is 5.69 Å². The zero-order chi connectivity index (χ0) is 20.5. The largest absolute Gasteiger partial charge is 0.495 e. The third-order valence-corrected chi connectivity index (χ3v) is 5.80. The van der Waals surface area contributed by atoms with Crippen LogP contribution in [0.2, 0.25) is 5.02 Å². The minimum absolute atomic E-state index is 0.0703. The van der Waals surface area contributed by atoms with E-state index in [0.29, 0.717) is 34.6 Å². The average Bonchev–Trinajstić information content (AvgIpc) is 3.30. The van der Waals surface area contributed by atoms with Crippen LogP contribution in [0.3, 0.4) is 0 Å². The van der Waals surface area contributed by atoms with E-state index in [4.69, 9.17) is 25.8 Å². The Bertz CT molecular complexity index is 920. The van der Waals surface area contributed by atoms with Crippen molar-refractivity contribution in [1.29, 1.82) is 0 Å². The van der Waals surface area contributed by atoms with Gasteiger partial charge in [-0.2, -0.15) is 0 Å². The monoisotopic (exact) mass is 416 g/mol. The molecule has 0 bridgehead atoms. The summed E-state index contributed by atoms with van der Waals surface area (Å²) in [5.41, 5.74) is 1.64. The lowest BCUT2D eigenvalue weighted by molar-refractivity contribution is -0.119. The van der Waals surface area contributed by atoms with Crippen LogP contribution in [0.5, 0.6) is 17.2 Å².